The third-order valence-electron chi connectivity index (χ3n) is 4.48. The molecule has 0 fully saturated rings. The highest BCUT2D eigenvalue weighted by atomic mass is 16.5. The van der Waals surface area contributed by atoms with Crippen LogP contribution in [0.5, 0.6) is 11.5 Å². The number of rotatable bonds is 10. The lowest BCUT2D eigenvalue weighted by atomic mass is 10.2. The van der Waals surface area contributed by atoms with Crippen LogP contribution in [0.2, 0.25) is 0 Å². The average Bonchev–Trinajstić information content (AvgIpc) is 2.88. The molecule has 0 aliphatic carbocycles. The number of hydrogen-bond donors (Lipinski definition) is 6. The summed E-state index contributed by atoms with van der Waals surface area (Å²) in [5, 5.41) is 4.66. The van der Waals surface area contributed by atoms with Crippen molar-refractivity contribution in [2.45, 2.75) is 27.7 Å². The Morgan fingerprint density at radius 3 is 1.38 bits per heavy atom. The molecule has 0 unspecified atom stereocenters. The molecule has 2 aromatic rings. The van der Waals surface area contributed by atoms with Crippen LogP contribution >= 0.6 is 0 Å². The van der Waals surface area contributed by atoms with Crippen LogP contribution in [0.25, 0.3) is 0 Å². The summed E-state index contributed by atoms with van der Waals surface area (Å²) in [4.78, 5) is 48.7. The molecule has 0 saturated carbocycles. The van der Waals surface area contributed by atoms with E-state index in [9.17, 15) is 19.2 Å². The fourth-order valence-electron chi connectivity index (χ4n) is 2.73. The highest BCUT2D eigenvalue weighted by molar-refractivity contribution is 5.98. The van der Waals surface area contributed by atoms with Crippen molar-refractivity contribution in [3.8, 4) is 11.5 Å². The number of nitrogens with one attached hydrogen (secondary N) is 6. The Morgan fingerprint density at radius 2 is 1.00 bits per heavy atom. The van der Waals surface area contributed by atoms with Gasteiger partial charge in [-0.3, -0.25) is 20.4 Å². The second-order valence-corrected chi connectivity index (χ2v) is 8.75. The molecule has 2 aromatic carbocycles. The predicted molar refractivity (Wildman–Crippen MR) is 137 cm³/mol. The normalized spacial score (nSPS) is 10.3. The molecule has 37 heavy (non-hydrogen) atoms. The van der Waals surface area contributed by atoms with Crippen LogP contribution in [0, 0.1) is 11.8 Å². The van der Waals surface area contributed by atoms with Crippen LogP contribution in [-0.4, -0.2) is 43.8 Å². The first kappa shape index (κ1) is 28.8. The van der Waals surface area contributed by atoms with E-state index in [4.69, 9.17) is 9.47 Å². The summed E-state index contributed by atoms with van der Waals surface area (Å²) in [5.41, 5.74) is 9.42. The van der Waals surface area contributed by atoms with E-state index in [1.165, 1.54) is 0 Å². The largest absolute Gasteiger partial charge is 0.492 e. The topological polar surface area (TPSA) is 159 Å². The fourth-order valence-corrected chi connectivity index (χ4v) is 2.73. The van der Waals surface area contributed by atoms with Crippen molar-refractivity contribution in [2.75, 3.05) is 19.9 Å². The number of ether oxygens (including phenoxy) is 2. The summed E-state index contributed by atoms with van der Waals surface area (Å²) in [7, 11) is 0. The standard InChI is InChI=1S/C25H34N6O6/c1-16(2)13-36-20-11-7-5-9-18(20)22(32)28-30-24(34)26-15-27-25(35)31-29-23(33)19-10-6-8-12-21(19)37-14-17(3)4/h5-12,16-17H,13-15H2,1-4H3,(H,28,32)(H,29,33)(H2,26,30,34)(H2,27,31,35). The third-order valence-corrected chi connectivity index (χ3v) is 4.48. The van der Waals surface area contributed by atoms with E-state index in [0.29, 0.717) is 24.7 Å². The molecule has 6 amide bonds. The molecule has 0 aromatic heterocycles. The molecule has 0 aliphatic rings. The minimum atomic E-state index is -0.769. The van der Waals surface area contributed by atoms with Crippen molar-refractivity contribution in [1.82, 2.24) is 32.3 Å². The number of para-hydroxylation sites is 2. The average molecular weight is 515 g/mol. The van der Waals surface area contributed by atoms with Gasteiger partial charge in [-0.05, 0) is 36.1 Å². The van der Waals surface area contributed by atoms with E-state index in [-0.39, 0.29) is 29.6 Å². The predicted octanol–water partition coefficient (Wildman–Crippen LogP) is 2.30. The van der Waals surface area contributed by atoms with Gasteiger partial charge in [0.15, 0.2) is 0 Å². The molecule has 0 spiro atoms. The second kappa shape index (κ2) is 14.8. The quantitative estimate of drug-likeness (QED) is 0.211. The van der Waals surface area contributed by atoms with Crippen LogP contribution in [0.1, 0.15) is 48.4 Å². The van der Waals surface area contributed by atoms with E-state index in [1.54, 1.807) is 48.5 Å². The number of benzene rings is 2. The second-order valence-electron chi connectivity index (χ2n) is 8.75. The van der Waals surface area contributed by atoms with Gasteiger partial charge in [0.2, 0.25) is 0 Å². The Bertz CT molecular complexity index is 992. The molecular weight excluding hydrogens is 480 g/mol. The molecule has 0 saturated heterocycles. The summed E-state index contributed by atoms with van der Waals surface area (Å²) in [5.74, 6) is 0.201. The molecular formula is C25H34N6O6. The maximum Gasteiger partial charge on any atom is 0.334 e. The lowest BCUT2D eigenvalue weighted by molar-refractivity contribution is 0.0925. The molecule has 12 nitrogen and oxygen atoms in total. The van der Waals surface area contributed by atoms with Crippen molar-refractivity contribution in [2.24, 2.45) is 11.8 Å². The molecule has 200 valence electrons. The van der Waals surface area contributed by atoms with Crippen molar-refractivity contribution >= 4 is 23.9 Å². The highest BCUT2D eigenvalue weighted by Crippen LogP contribution is 2.19. The molecule has 0 bridgehead atoms. The number of urea groups is 2. The SMILES string of the molecule is CC(C)COc1ccccc1C(=O)NNC(=O)NCNC(=O)NNC(=O)c1ccccc1OCC(C)C. The lowest BCUT2D eigenvalue weighted by Gasteiger charge is -2.14. The first-order valence-corrected chi connectivity index (χ1v) is 11.8. The Morgan fingerprint density at radius 1 is 0.622 bits per heavy atom. The fraction of sp³-hybridized carbons (Fsp3) is 0.360. The van der Waals surface area contributed by atoms with Crippen LogP contribution in [-0.2, 0) is 0 Å². The summed E-state index contributed by atoms with van der Waals surface area (Å²) in [6.07, 6.45) is 0. The molecule has 0 aliphatic heterocycles. The number of hydrazine groups is 2. The van der Waals surface area contributed by atoms with E-state index >= 15 is 0 Å². The van der Waals surface area contributed by atoms with Gasteiger partial charge >= 0.3 is 12.1 Å². The first-order valence-electron chi connectivity index (χ1n) is 11.8. The maximum absolute atomic E-state index is 12.4. The molecule has 0 heterocycles. The lowest BCUT2D eigenvalue weighted by Crippen LogP contribution is -2.52. The highest BCUT2D eigenvalue weighted by Gasteiger charge is 2.15. The van der Waals surface area contributed by atoms with Gasteiger partial charge in [-0.15, -0.1) is 0 Å². The Kier molecular flexibility index (Phi) is 11.5. The molecule has 12 heteroatoms. The zero-order valence-corrected chi connectivity index (χ0v) is 21.3. The molecule has 0 atom stereocenters. The van der Waals surface area contributed by atoms with Crippen LogP contribution in [0.3, 0.4) is 0 Å². The van der Waals surface area contributed by atoms with E-state index in [1.807, 2.05) is 27.7 Å². The van der Waals surface area contributed by atoms with Crippen LogP contribution < -0.4 is 41.8 Å². The van der Waals surface area contributed by atoms with Crippen molar-refractivity contribution in [3.05, 3.63) is 59.7 Å². The van der Waals surface area contributed by atoms with Gasteiger partial charge in [0.05, 0.1) is 31.0 Å². The Balaban J connectivity index is 1.71. The number of carbonyl (C=O) groups excluding carboxylic acids is 4. The Hall–Kier alpha value is -4.48. The monoisotopic (exact) mass is 514 g/mol. The van der Waals surface area contributed by atoms with Crippen LogP contribution in [0.15, 0.2) is 48.5 Å². The summed E-state index contributed by atoms with van der Waals surface area (Å²) in [6, 6.07) is 11.8. The van der Waals surface area contributed by atoms with Crippen molar-refractivity contribution in [1.29, 1.82) is 0 Å². The van der Waals surface area contributed by atoms with E-state index in [2.05, 4.69) is 32.3 Å². The van der Waals surface area contributed by atoms with Crippen molar-refractivity contribution in [3.63, 3.8) is 0 Å². The number of carbonyl (C=O) groups is 4. The first-order chi connectivity index (χ1) is 17.7. The Labute approximate surface area is 215 Å². The van der Waals surface area contributed by atoms with E-state index < -0.39 is 23.9 Å². The summed E-state index contributed by atoms with van der Waals surface area (Å²) < 4.78 is 11.3. The zero-order chi connectivity index (χ0) is 27.2. The molecule has 0 radical (unpaired) electrons. The van der Waals surface area contributed by atoms with Gasteiger partial charge < -0.3 is 20.1 Å². The van der Waals surface area contributed by atoms with Crippen molar-refractivity contribution < 1.29 is 28.7 Å². The van der Waals surface area contributed by atoms with Gasteiger partial charge in [-0.25, -0.2) is 20.4 Å². The zero-order valence-electron chi connectivity index (χ0n) is 21.3. The van der Waals surface area contributed by atoms with Gasteiger partial charge in [0.25, 0.3) is 11.8 Å². The third kappa shape index (κ3) is 10.3. The van der Waals surface area contributed by atoms with Gasteiger partial charge in [0.1, 0.15) is 11.5 Å². The summed E-state index contributed by atoms with van der Waals surface area (Å²) in [6.45, 7) is 8.53. The maximum atomic E-state index is 12.4. The van der Waals surface area contributed by atoms with Gasteiger partial charge in [-0.2, -0.15) is 0 Å². The molecule has 6 N–H and O–H groups in total. The molecule has 2 rings (SSSR count). The smallest absolute Gasteiger partial charge is 0.334 e. The van der Waals surface area contributed by atoms with E-state index in [0.717, 1.165) is 0 Å². The summed E-state index contributed by atoms with van der Waals surface area (Å²) >= 11 is 0. The number of hydrogen-bond acceptors (Lipinski definition) is 6. The minimum absolute atomic E-state index is 0.257. The minimum Gasteiger partial charge on any atom is -0.492 e. The number of amides is 6. The van der Waals surface area contributed by atoms with Gasteiger partial charge in [0, 0.05) is 0 Å². The van der Waals surface area contributed by atoms with Crippen LogP contribution in [0.4, 0.5) is 9.59 Å². The van der Waals surface area contributed by atoms with Gasteiger partial charge in [-0.1, -0.05) is 52.0 Å².